The number of benzene rings is 1. The summed E-state index contributed by atoms with van der Waals surface area (Å²) < 4.78 is 2.10. The molecule has 1 amide bonds. The average Bonchev–Trinajstić information content (AvgIpc) is 2.88. The Morgan fingerprint density at radius 3 is 2.90 bits per heavy atom. The fourth-order valence-corrected chi connectivity index (χ4v) is 4.21. The molecule has 106 valence electrons. The fraction of sp³-hybridized carbons (Fsp3) is 0.429. The Morgan fingerprint density at radius 2 is 2.15 bits per heavy atom. The predicted molar refractivity (Wildman–Crippen MR) is 82.2 cm³/mol. The lowest BCUT2D eigenvalue weighted by Gasteiger charge is -2.29. The number of piperidine rings is 1. The molecule has 1 aromatic heterocycles. The van der Waals surface area contributed by atoms with Crippen molar-refractivity contribution in [1.82, 2.24) is 9.88 Å². The number of aliphatic hydroxyl groups excluding tert-OH is 1. The first-order valence-corrected chi connectivity index (χ1v) is 8.47. The predicted octanol–water partition coefficient (Wildman–Crippen LogP) is 2.37. The van der Waals surface area contributed by atoms with Crippen LogP contribution in [0, 0.1) is 0 Å². The van der Waals surface area contributed by atoms with E-state index in [1.54, 1.807) is 11.3 Å². The summed E-state index contributed by atoms with van der Waals surface area (Å²) in [5, 5.41) is 9.45. The van der Waals surface area contributed by atoms with Crippen molar-refractivity contribution in [3.8, 4) is 0 Å². The zero-order valence-electron chi connectivity index (χ0n) is 11.0. The van der Waals surface area contributed by atoms with Crippen molar-refractivity contribution in [2.24, 2.45) is 0 Å². The highest BCUT2D eigenvalue weighted by molar-refractivity contribution is 8.01. The number of rotatable bonds is 3. The van der Waals surface area contributed by atoms with Crippen LogP contribution in [0.4, 0.5) is 0 Å². The third kappa shape index (κ3) is 3.13. The number of aliphatic hydroxyl groups is 1. The van der Waals surface area contributed by atoms with Crippen molar-refractivity contribution >= 4 is 39.2 Å². The van der Waals surface area contributed by atoms with Gasteiger partial charge in [0.25, 0.3) is 0 Å². The molecule has 0 aliphatic carbocycles. The molecule has 0 unspecified atom stereocenters. The molecule has 1 aliphatic rings. The molecule has 1 fully saturated rings. The van der Waals surface area contributed by atoms with Crippen LogP contribution in [0.1, 0.15) is 12.8 Å². The molecular formula is C14H16N2O2S2. The number of para-hydroxylation sites is 1. The van der Waals surface area contributed by atoms with Crippen LogP contribution >= 0.6 is 23.1 Å². The van der Waals surface area contributed by atoms with Crippen molar-refractivity contribution < 1.29 is 9.90 Å². The molecule has 1 aliphatic heterocycles. The smallest absolute Gasteiger partial charge is 0.233 e. The van der Waals surface area contributed by atoms with Gasteiger partial charge in [0, 0.05) is 13.1 Å². The van der Waals surface area contributed by atoms with Crippen LogP contribution in [-0.2, 0) is 4.79 Å². The number of carbonyl (C=O) groups excluding carboxylic acids is 1. The van der Waals surface area contributed by atoms with Gasteiger partial charge in [-0.05, 0) is 25.0 Å². The van der Waals surface area contributed by atoms with Gasteiger partial charge in [-0.2, -0.15) is 0 Å². The number of likely N-dealkylation sites (tertiary alicyclic amines) is 1. The molecule has 0 saturated carbocycles. The van der Waals surface area contributed by atoms with Gasteiger partial charge in [-0.1, -0.05) is 23.9 Å². The minimum atomic E-state index is -0.240. The van der Waals surface area contributed by atoms with Crippen LogP contribution in [0.15, 0.2) is 28.6 Å². The van der Waals surface area contributed by atoms with E-state index < -0.39 is 0 Å². The number of hydrogen-bond acceptors (Lipinski definition) is 5. The number of hydrogen-bond donors (Lipinski definition) is 1. The molecule has 2 heterocycles. The molecule has 4 nitrogen and oxygen atoms in total. The minimum Gasteiger partial charge on any atom is -0.393 e. The monoisotopic (exact) mass is 308 g/mol. The second-order valence-electron chi connectivity index (χ2n) is 4.85. The summed E-state index contributed by atoms with van der Waals surface area (Å²) in [5.41, 5.74) is 0.994. The first kappa shape index (κ1) is 13.9. The SMILES string of the molecule is O=C(CSc1nc2ccccc2s1)N1CCC(O)CC1. The normalized spacial score (nSPS) is 16.8. The van der Waals surface area contributed by atoms with E-state index in [-0.39, 0.29) is 12.0 Å². The summed E-state index contributed by atoms with van der Waals surface area (Å²) in [4.78, 5) is 18.4. The van der Waals surface area contributed by atoms with Gasteiger partial charge in [0.1, 0.15) is 0 Å². The van der Waals surface area contributed by atoms with Gasteiger partial charge in [-0.25, -0.2) is 4.98 Å². The number of aromatic nitrogens is 1. The average molecular weight is 308 g/mol. The quantitative estimate of drug-likeness (QED) is 0.885. The molecule has 0 bridgehead atoms. The molecule has 0 atom stereocenters. The molecule has 1 saturated heterocycles. The lowest BCUT2D eigenvalue weighted by atomic mass is 10.1. The van der Waals surface area contributed by atoms with E-state index >= 15 is 0 Å². The Balaban J connectivity index is 1.57. The Hall–Kier alpha value is -1.11. The summed E-state index contributed by atoms with van der Waals surface area (Å²) >= 11 is 3.13. The highest BCUT2D eigenvalue weighted by Crippen LogP contribution is 2.29. The highest BCUT2D eigenvalue weighted by Gasteiger charge is 2.21. The summed E-state index contributed by atoms with van der Waals surface area (Å²) in [6, 6.07) is 8.01. The van der Waals surface area contributed by atoms with Crippen LogP contribution in [0.25, 0.3) is 10.2 Å². The van der Waals surface area contributed by atoms with Crippen LogP contribution < -0.4 is 0 Å². The number of thiazole rings is 1. The van der Waals surface area contributed by atoms with Crippen LogP contribution in [0.3, 0.4) is 0 Å². The van der Waals surface area contributed by atoms with E-state index in [1.807, 2.05) is 29.2 Å². The van der Waals surface area contributed by atoms with Gasteiger partial charge >= 0.3 is 0 Å². The van der Waals surface area contributed by atoms with E-state index in [1.165, 1.54) is 11.8 Å². The Labute approximate surface area is 125 Å². The first-order valence-electron chi connectivity index (χ1n) is 6.66. The van der Waals surface area contributed by atoms with E-state index in [2.05, 4.69) is 4.98 Å². The van der Waals surface area contributed by atoms with E-state index in [9.17, 15) is 9.90 Å². The Bertz CT molecular complexity index is 573. The lowest BCUT2D eigenvalue weighted by Crippen LogP contribution is -2.40. The van der Waals surface area contributed by atoms with Crippen LogP contribution in [0.2, 0.25) is 0 Å². The zero-order chi connectivity index (χ0) is 13.9. The summed E-state index contributed by atoms with van der Waals surface area (Å²) in [7, 11) is 0. The standard InChI is InChI=1S/C14H16N2O2S2/c17-10-5-7-16(8-6-10)13(18)9-19-14-15-11-3-1-2-4-12(11)20-14/h1-4,10,17H,5-9H2. The van der Waals surface area contributed by atoms with Gasteiger partial charge in [0.2, 0.25) is 5.91 Å². The van der Waals surface area contributed by atoms with Crippen molar-refractivity contribution in [3.05, 3.63) is 24.3 Å². The number of fused-ring (bicyclic) bond motifs is 1. The van der Waals surface area contributed by atoms with E-state index in [0.717, 1.165) is 14.6 Å². The van der Waals surface area contributed by atoms with Gasteiger partial charge in [-0.3, -0.25) is 4.79 Å². The van der Waals surface area contributed by atoms with Crippen molar-refractivity contribution in [3.63, 3.8) is 0 Å². The van der Waals surface area contributed by atoms with E-state index in [4.69, 9.17) is 0 Å². The molecule has 2 aromatic rings. The van der Waals surface area contributed by atoms with Crippen molar-refractivity contribution in [1.29, 1.82) is 0 Å². The van der Waals surface area contributed by atoms with Gasteiger partial charge in [0.05, 0.1) is 22.1 Å². The second kappa shape index (κ2) is 6.11. The molecule has 0 spiro atoms. The number of amides is 1. The summed E-state index contributed by atoms with van der Waals surface area (Å²) in [5.74, 6) is 0.566. The molecule has 1 aromatic carbocycles. The summed E-state index contributed by atoms with van der Waals surface area (Å²) in [6.07, 6.45) is 1.14. The third-order valence-electron chi connectivity index (χ3n) is 3.41. The van der Waals surface area contributed by atoms with Gasteiger partial charge in [0.15, 0.2) is 4.34 Å². The third-order valence-corrected chi connectivity index (χ3v) is 5.57. The van der Waals surface area contributed by atoms with E-state index in [0.29, 0.717) is 31.7 Å². The fourth-order valence-electron chi connectivity index (χ4n) is 2.24. The summed E-state index contributed by atoms with van der Waals surface area (Å²) in [6.45, 7) is 1.33. The number of carbonyl (C=O) groups is 1. The highest BCUT2D eigenvalue weighted by atomic mass is 32.2. The maximum Gasteiger partial charge on any atom is 0.233 e. The maximum atomic E-state index is 12.1. The largest absolute Gasteiger partial charge is 0.393 e. The molecule has 1 N–H and O–H groups in total. The molecule has 6 heteroatoms. The van der Waals surface area contributed by atoms with Crippen molar-refractivity contribution in [2.75, 3.05) is 18.8 Å². The second-order valence-corrected chi connectivity index (χ2v) is 7.10. The molecule has 20 heavy (non-hydrogen) atoms. The van der Waals surface area contributed by atoms with Gasteiger partial charge in [-0.15, -0.1) is 11.3 Å². The number of nitrogens with zero attached hydrogens (tertiary/aromatic N) is 2. The molecule has 3 rings (SSSR count). The topological polar surface area (TPSA) is 53.4 Å². The number of thioether (sulfide) groups is 1. The van der Waals surface area contributed by atoms with Crippen LogP contribution in [-0.4, -0.2) is 45.8 Å². The van der Waals surface area contributed by atoms with Crippen molar-refractivity contribution in [2.45, 2.75) is 23.3 Å². The molecular weight excluding hydrogens is 292 g/mol. The minimum absolute atomic E-state index is 0.140. The molecule has 0 radical (unpaired) electrons. The lowest BCUT2D eigenvalue weighted by molar-refractivity contribution is -0.130. The van der Waals surface area contributed by atoms with Gasteiger partial charge < -0.3 is 10.0 Å². The Morgan fingerprint density at radius 1 is 1.40 bits per heavy atom. The maximum absolute atomic E-state index is 12.1. The zero-order valence-corrected chi connectivity index (χ0v) is 12.6. The van der Waals surface area contributed by atoms with Crippen LogP contribution in [0.5, 0.6) is 0 Å². The first-order chi connectivity index (χ1) is 9.72. The Kier molecular flexibility index (Phi) is 4.24.